The topological polar surface area (TPSA) is 0 Å². The van der Waals surface area contributed by atoms with E-state index in [2.05, 4.69) is 216 Å². The first-order chi connectivity index (χ1) is 30.3. The molecule has 0 atom stereocenters. The summed E-state index contributed by atoms with van der Waals surface area (Å²) >= 11 is 3.83. The molecule has 0 aliphatic heterocycles. The molecule has 7 aromatic carbocycles. The van der Waals surface area contributed by atoms with E-state index in [-0.39, 0.29) is 21.7 Å². The first-order valence-electron chi connectivity index (χ1n) is 22.8. The summed E-state index contributed by atoms with van der Waals surface area (Å²) in [5.41, 5.74) is 17.4. The molecule has 2 heteroatoms. The molecule has 2 heterocycles. The summed E-state index contributed by atoms with van der Waals surface area (Å²) in [5, 5.41) is 7.72. The molecule has 2 aromatic heterocycles. The highest BCUT2D eigenvalue weighted by atomic mass is 32.1. The van der Waals surface area contributed by atoms with Gasteiger partial charge in [-0.05, 0) is 101 Å². The van der Waals surface area contributed by atoms with Crippen molar-refractivity contribution < 1.29 is 0 Å². The van der Waals surface area contributed by atoms with Crippen LogP contribution in [0, 0.1) is 23.7 Å². The highest BCUT2D eigenvalue weighted by Gasteiger charge is 2.34. The molecular weight excluding hydrogens is 809 g/mol. The van der Waals surface area contributed by atoms with Crippen LogP contribution in [-0.2, 0) is 21.7 Å². The van der Waals surface area contributed by atoms with Gasteiger partial charge in [0.15, 0.2) is 0 Å². The SMILES string of the molecule is CC(C)(C)c1cc(C#Cc2c3sc4c(c3c(C#Cc3cc(C(C)(C)C)cc(C(C)(C)C)c3)c3sc5c(c23)-c2cccc3cccc-5c23)-c2cccc3cccc-4c23)cc(C(C)(C)C)c1. The van der Waals surface area contributed by atoms with Gasteiger partial charge >= 0.3 is 0 Å². The van der Waals surface area contributed by atoms with Gasteiger partial charge in [0, 0.05) is 53.9 Å². The Labute approximate surface area is 387 Å². The summed E-state index contributed by atoms with van der Waals surface area (Å²) in [6, 6.07) is 41.3. The van der Waals surface area contributed by atoms with E-state index in [0.717, 1.165) is 22.3 Å². The largest absolute Gasteiger partial charge is 0.133 e. The van der Waals surface area contributed by atoms with Crippen molar-refractivity contribution in [3.8, 4) is 66.8 Å². The minimum Gasteiger partial charge on any atom is -0.133 e. The maximum absolute atomic E-state index is 3.98. The molecule has 0 amide bonds. The van der Waals surface area contributed by atoms with Crippen molar-refractivity contribution in [2.75, 3.05) is 0 Å². The Morgan fingerprint density at radius 2 is 0.656 bits per heavy atom. The first kappa shape index (κ1) is 40.8. The summed E-state index contributed by atoms with van der Waals surface area (Å²) < 4.78 is 2.46. The molecule has 0 saturated carbocycles. The molecule has 0 bridgehead atoms. The van der Waals surface area contributed by atoms with Crippen LogP contribution in [0.25, 0.3) is 84.9 Å². The van der Waals surface area contributed by atoms with Gasteiger partial charge in [-0.25, -0.2) is 0 Å². The molecule has 2 aliphatic rings. The second kappa shape index (κ2) is 13.8. The van der Waals surface area contributed by atoms with Crippen LogP contribution in [0.4, 0.5) is 0 Å². The summed E-state index contributed by atoms with van der Waals surface area (Å²) in [5.74, 6) is 15.7. The zero-order valence-corrected chi connectivity index (χ0v) is 40.8. The van der Waals surface area contributed by atoms with Crippen molar-refractivity contribution in [1.29, 1.82) is 0 Å². The molecule has 0 N–H and O–H groups in total. The molecule has 0 nitrogen and oxygen atoms in total. The number of thiophene rings is 2. The Morgan fingerprint density at radius 1 is 0.344 bits per heavy atom. The van der Waals surface area contributed by atoms with Gasteiger partial charge in [0.05, 0.1) is 20.5 Å². The lowest BCUT2D eigenvalue weighted by atomic mass is 9.79. The van der Waals surface area contributed by atoms with Crippen molar-refractivity contribution in [2.24, 2.45) is 0 Å². The average molecular weight is 863 g/mol. The predicted octanol–water partition coefficient (Wildman–Crippen LogP) is 17.7. The summed E-state index contributed by atoms with van der Waals surface area (Å²) in [4.78, 5) is 2.64. The normalized spacial score (nSPS) is 13.1. The molecule has 0 fully saturated rings. The Morgan fingerprint density at radius 3 is 0.969 bits per heavy atom. The van der Waals surface area contributed by atoms with Gasteiger partial charge < -0.3 is 0 Å². The van der Waals surface area contributed by atoms with Crippen molar-refractivity contribution in [1.82, 2.24) is 0 Å². The fourth-order valence-electron chi connectivity index (χ4n) is 9.93. The molecule has 64 heavy (non-hydrogen) atoms. The standard InChI is InChI=1S/C62H54S2/c1-59(2,3)39-29-35(30-40(33-39)60(4,5)6)25-27-47-53-51-43-21-13-17-37-19-15-23-45(49(37)43)55(51)64-58(53)48(28-26-36-31-41(61(7,8)9)34-42(32-36)62(10,11)12)54-52-44-22-14-18-38-20-16-24-46(50(38)44)56(52)63-57(47)54/h13-24,29-34H,1-12H3. The molecule has 9 aromatic rings. The van der Waals surface area contributed by atoms with Gasteiger partial charge in [-0.15, -0.1) is 22.7 Å². The molecule has 0 radical (unpaired) electrons. The van der Waals surface area contributed by atoms with Crippen LogP contribution < -0.4 is 0 Å². The van der Waals surface area contributed by atoms with E-state index in [0.29, 0.717) is 0 Å². The predicted molar refractivity (Wildman–Crippen MR) is 281 cm³/mol. The van der Waals surface area contributed by atoms with Crippen LogP contribution in [0.5, 0.6) is 0 Å². The number of hydrogen-bond acceptors (Lipinski definition) is 2. The van der Waals surface area contributed by atoms with Crippen molar-refractivity contribution in [2.45, 2.75) is 105 Å². The van der Waals surface area contributed by atoms with Gasteiger partial charge in [-0.3, -0.25) is 0 Å². The average Bonchev–Trinajstić information content (AvgIpc) is 3.98. The lowest BCUT2D eigenvalue weighted by Gasteiger charge is -2.25. The minimum absolute atomic E-state index is 0.0137. The van der Waals surface area contributed by atoms with Crippen molar-refractivity contribution in [3.63, 3.8) is 0 Å². The Kier molecular flexibility index (Phi) is 8.81. The monoisotopic (exact) mass is 862 g/mol. The Bertz CT molecular complexity index is 3320. The third-order valence-corrected chi connectivity index (χ3v) is 16.1. The maximum atomic E-state index is 3.98. The van der Waals surface area contributed by atoms with Crippen molar-refractivity contribution in [3.05, 3.63) is 154 Å². The zero-order valence-electron chi connectivity index (χ0n) is 39.2. The third-order valence-electron chi connectivity index (χ3n) is 13.6. The summed E-state index contributed by atoms with van der Waals surface area (Å²) in [6.07, 6.45) is 0. The van der Waals surface area contributed by atoms with Crippen LogP contribution in [0.3, 0.4) is 0 Å². The lowest BCUT2D eigenvalue weighted by molar-refractivity contribution is 0.567. The smallest absolute Gasteiger partial charge is 0.0532 e. The highest BCUT2D eigenvalue weighted by molar-refractivity contribution is 7.25. The summed E-state index contributed by atoms with van der Waals surface area (Å²) in [7, 11) is 0. The highest BCUT2D eigenvalue weighted by Crippen LogP contribution is 2.61. The first-order valence-corrected chi connectivity index (χ1v) is 24.4. The van der Waals surface area contributed by atoms with Crippen LogP contribution >= 0.6 is 22.7 Å². The van der Waals surface area contributed by atoms with E-state index in [9.17, 15) is 0 Å². The fraction of sp³-hybridized carbons (Fsp3) is 0.258. The number of benzene rings is 7. The van der Waals surface area contributed by atoms with Gasteiger partial charge in [-0.2, -0.15) is 0 Å². The van der Waals surface area contributed by atoms with Gasteiger partial charge in [-0.1, -0.05) is 192 Å². The fourth-order valence-corrected chi connectivity index (χ4v) is 12.6. The second-order valence-corrected chi connectivity index (χ2v) is 24.3. The number of rotatable bonds is 0. The molecule has 0 saturated heterocycles. The van der Waals surface area contributed by atoms with E-state index in [1.165, 1.54) is 107 Å². The molecule has 0 spiro atoms. The Hall–Kier alpha value is -5.90. The van der Waals surface area contributed by atoms with Gasteiger partial charge in [0.25, 0.3) is 0 Å². The lowest BCUT2D eigenvalue weighted by Crippen LogP contribution is -2.16. The van der Waals surface area contributed by atoms with Crippen molar-refractivity contribution >= 4 is 64.4 Å². The maximum Gasteiger partial charge on any atom is 0.0532 e. The third kappa shape index (κ3) is 6.32. The van der Waals surface area contributed by atoms with Crippen LogP contribution in [0.15, 0.2) is 109 Å². The van der Waals surface area contributed by atoms with Gasteiger partial charge in [0.2, 0.25) is 0 Å². The van der Waals surface area contributed by atoms with Crippen LogP contribution in [0.2, 0.25) is 0 Å². The molecule has 11 rings (SSSR count). The number of fused-ring (bicyclic) bond motifs is 10. The van der Waals surface area contributed by atoms with E-state index < -0.39 is 0 Å². The van der Waals surface area contributed by atoms with E-state index in [4.69, 9.17) is 0 Å². The van der Waals surface area contributed by atoms with Crippen LogP contribution in [-0.4, -0.2) is 0 Å². The molecular formula is C62H54S2. The molecule has 314 valence electrons. The van der Waals surface area contributed by atoms with E-state index >= 15 is 0 Å². The Balaban J connectivity index is 1.29. The van der Waals surface area contributed by atoms with E-state index in [1.54, 1.807) is 0 Å². The van der Waals surface area contributed by atoms with Crippen LogP contribution in [0.1, 0.15) is 128 Å². The zero-order chi connectivity index (χ0) is 44.8. The quantitative estimate of drug-likeness (QED) is 0.133. The minimum atomic E-state index is -0.0137. The molecule has 2 aliphatic carbocycles. The van der Waals surface area contributed by atoms with Gasteiger partial charge in [0.1, 0.15) is 0 Å². The summed E-state index contributed by atoms with van der Waals surface area (Å²) in [6.45, 7) is 27.7. The molecule has 0 unspecified atom stereocenters. The van der Waals surface area contributed by atoms with E-state index in [1.807, 2.05) is 22.7 Å². The second-order valence-electron chi connectivity index (χ2n) is 22.3. The number of hydrogen-bond donors (Lipinski definition) is 0.